The maximum atomic E-state index is 12.4. The molecule has 1 aromatic rings. The van der Waals surface area contributed by atoms with Gasteiger partial charge in [0.25, 0.3) is 5.91 Å². The van der Waals surface area contributed by atoms with Crippen molar-refractivity contribution in [3.63, 3.8) is 0 Å². The monoisotopic (exact) mass is 276 g/mol. The molecule has 0 saturated carbocycles. The lowest BCUT2D eigenvalue weighted by Crippen LogP contribution is -2.48. The number of carboxylic acid groups (broad SMARTS) is 1. The van der Waals surface area contributed by atoms with E-state index >= 15 is 0 Å². The molecule has 1 atom stereocenters. The Hall–Kier alpha value is -2.37. The lowest BCUT2D eigenvalue weighted by molar-refractivity contribution is -0.143. The van der Waals surface area contributed by atoms with Gasteiger partial charge in [0, 0.05) is 17.7 Å². The number of piperidine rings is 1. The van der Waals surface area contributed by atoms with Gasteiger partial charge < -0.3 is 15.7 Å². The number of aliphatic carboxylic acids is 1. The average Bonchev–Trinajstić information content (AvgIpc) is 2.46. The van der Waals surface area contributed by atoms with Crippen LogP contribution in [0.15, 0.2) is 24.3 Å². The lowest BCUT2D eigenvalue weighted by Gasteiger charge is -2.33. The summed E-state index contributed by atoms with van der Waals surface area (Å²) in [7, 11) is 0. The van der Waals surface area contributed by atoms with Crippen LogP contribution in [0.3, 0.4) is 0 Å². The van der Waals surface area contributed by atoms with Crippen molar-refractivity contribution in [3.05, 3.63) is 35.4 Å². The molecule has 1 aliphatic rings. The summed E-state index contributed by atoms with van der Waals surface area (Å²) in [4.78, 5) is 36.1. The maximum absolute atomic E-state index is 12.4. The van der Waals surface area contributed by atoms with E-state index in [1.165, 1.54) is 17.0 Å². The molecule has 3 N–H and O–H groups in total. The topological polar surface area (TPSA) is 101 Å². The van der Waals surface area contributed by atoms with E-state index in [4.69, 9.17) is 5.73 Å². The summed E-state index contributed by atoms with van der Waals surface area (Å²) in [6.07, 6.45) is 2.03. The fourth-order valence-electron chi connectivity index (χ4n) is 2.40. The fourth-order valence-corrected chi connectivity index (χ4v) is 2.40. The third-order valence-electron chi connectivity index (χ3n) is 3.44. The third-order valence-corrected chi connectivity index (χ3v) is 3.44. The van der Waals surface area contributed by atoms with Crippen LogP contribution in [0.1, 0.15) is 40.0 Å². The molecule has 1 saturated heterocycles. The first-order chi connectivity index (χ1) is 9.50. The molecule has 106 valence electrons. The summed E-state index contributed by atoms with van der Waals surface area (Å²) >= 11 is 0. The summed E-state index contributed by atoms with van der Waals surface area (Å²) in [5.74, 6) is -1.99. The van der Waals surface area contributed by atoms with Crippen molar-refractivity contribution in [1.82, 2.24) is 4.90 Å². The Balaban J connectivity index is 2.27. The number of nitrogens with two attached hydrogens (primary N) is 1. The predicted octanol–water partition coefficient (Wildman–Crippen LogP) is 0.865. The minimum Gasteiger partial charge on any atom is -0.480 e. The molecular formula is C14H16N2O4. The van der Waals surface area contributed by atoms with Gasteiger partial charge in [0.05, 0.1) is 0 Å². The van der Waals surface area contributed by atoms with Crippen molar-refractivity contribution in [3.8, 4) is 0 Å². The van der Waals surface area contributed by atoms with Crippen LogP contribution in [0.2, 0.25) is 0 Å². The van der Waals surface area contributed by atoms with Crippen LogP contribution in [-0.4, -0.2) is 40.4 Å². The summed E-state index contributed by atoms with van der Waals surface area (Å²) in [5, 5.41) is 9.18. The number of benzene rings is 1. The first-order valence-corrected chi connectivity index (χ1v) is 6.44. The standard InChI is InChI=1S/C14H16N2O4/c15-12(17)9-4-3-5-10(8-9)13(18)16-7-2-1-6-11(16)14(19)20/h3-5,8,11H,1-2,6-7H2,(H2,15,17)(H,19,20)/t11-/m1/s1. The highest BCUT2D eigenvalue weighted by atomic mass is 16.4. The van der Waals surface area contributed by atoms with Crippen molar-refractivity contribution in [2.24, 2.45) is 5.73 Å². The molecule has 2 amide bonds. The van der Waals surface area contributed by atoms with E-state index in [1.807, 2.05) is 0 Å². The molecule has 1 aromatic carbocycles. The Morgan fingerprint density at radius 3 is 2.55 bits per heavy atom. The second-order valence-electron chi connectivity index (χ2n) is 4.79. The van der Waals surface area contributed by atoms with Gasteiger partial charge >= 0.3 is 5.97 Å². The van der Waals surface area contributed by atoms with Crippen molar-refractivity contribution < 1.29 is 19.5 Å². The normalized spacial score (nSPS) is 18.6. The number of rotatable bonds is 3. The first kappa shape index (κ1) is 14.0. The number of hydrogen-bond acceptors (Lipinski definition) is 3. The van der Waals surface area contributed by atoms with E-state index in [2.05, 4.69) is 0 Å². The predicted molar refractivity (Wildman–Crippen MR) is 71.3 cm³/mol. The van der Waals surface area contributed by atoms with E-state index in [1.54, 1.807) is 12.1 Å². The minimum atomic E-state index is -0.996. The average molecular weight is 276 g/mol. The van der Waals surface area contributed by atoms with Crippen LogP contribution in [-0.2, 0) is 4.79 Å². The van der Waals surface area contributed by atoms with Crippen LogP contribution in [0, 0.1) is 0 Å². The first-order valence-electron chi connectivity index (χ1n) is 6.44. The van der Waals surface area contributed by atoms with E-state index in [9.17, 15) is 19.5 Å². The van der Waals surface area contributed by atoms with Crippen molar-refractivity contribution in [1.29, 1.82) is 0 Å². The largest absolute Gasteiger partial charge is 0.480 e. The SMILES string of the molecule is NC(=O)c1cccc(C(=O)N2CCCC[C@@H]2C(=O)O)c1. The van der Waals surface area contributed by atoms with E-state index in [0.29, 0.717) is 13.0 Å². The molecule has 20 heavy (non-hydrogen) atoms. The van der Waals surface area contributed by atoms with E-state index in [-0.39, 0.29) is 17.0 Å². The van der Waals surface area contributed by atoms with E-state index in [0.717, 1.165) is 12.8 Å². The number of primary amides is 1. The molecule has 2 rings (SSSR count). The van der Waals surface area contributed by atoms with Crippen molar-refractivity contribution in [2.75, 3.05) is 6.54 Å². The van der Waals surface area contributed by atoms with Gasteiger partial charge in [-0.15, -0.1) is 0 Å². The summed E-state index contributed by atoms with van der Waals surface area (Å²) in [6.45, 7) is 0.413. The van der Waals surface area contributed by atoms with Crippen LogP contribution in [0.25, 0.3) is 0 Å². The lowest BCUT2D eigenvalue weighted by atomic mass is 10.0. The second kappa shape index (κ2) is 5.73. The Bertz CT molecular complexity index is 556. The number of amides is 2. The van der Waals surface area contributed by atoms with Crippen LogP contribution in [0.5, 0.6) is 0 Å². The molecule has 0 spiro atoms. The van der Waals surface area contributed by atoms with Gasteiger partial charge in [-0.25, -0.2) is 4.79 Å². The molecule has 0 bridgehead atoms. The van der Waals surface area contributed by atoms with Crippen LogP contribution < -0.4 is 5.73 Å². The number of nitrogens with zero attached hydrogens (tertiary/aromatic N) is 1. The highest BCUT2D eigenvalue weighted by Gasteiger charge is 2.32. The van der Waals surface area contributed by atoms with Gasteiger partial charge in [-0.1, -0.05) is 6.07 Å². The van der Waals surface area contributed by atoms with Gasteiger partial charge in [-0.2, -0.15) is 0 Å². The smallest absolute Gasteiger partial charge is 0.326 e. The van der Waals surface area contributed by atoms with Gasteiger partial charge in [0.15, 0.2) is 0 Å². The van der Waals surface area contributed by atoms with Crippen molar-refractivity contribution in [2.45, 2.75) is 25.3 Å². The molecule has 6 heteroatoms. The molecule has 0 unspecified atom stereocenters. The molecule has 1 fully saturated rings. The molecule has 6 nitrogen and oxygen atoms in total. The molecular weight excluding hydrogens is 260 g/mol. The highest BCUT2D eigenvalue weighted by Crippen LogP contribution is 2.20. The number of likely N-dealkylation sites (tertiary alicyclic amines) is 1. The minimum absolute atomic E-state index is 0.236. The third kappa shape index (κ3) is 2.79. The van der Waals surface area contributed by atoms with Crippen LogP contribution >= 0.6 is 0 Å². The zero-order valence-corrected chi connectivity index (χ0v) is 10.9. The number of carbonyl (C=O) groups excluding carboxylic acids is 2. The van der Waals surface area contributed by atoms with Gasteiger partial charge in [0.2, 0.25) is 5.91 Å². The summed E-state index contributed by atoms with van der Waals surface area (Å²) < 4.78 is 0. The molecule has 1 heterocycles. The van der Waals surface area contributed by atoms with Gasteiger partial charge in [-0.05, 0) is 37.5 Å². The quantitative estimate of drug-likeness (QED) is 0.855. The number of carboxylic acids is 1. The number of carbonyl (C=O) groups is 3. The summed E-state index contributed by atoms with van der Waals surface area (Å²) in [5.41, 5.74) is 5.70. The second-order valence-corrected chi connectivity index (χ2v) is 4.79. The fraction of sp³-hybridized carbons (Fsp3) is 0.357. The number of hydrogen-bond donors (Lipinski definition) is 2. The Morgan fingerprint density at radius 1 is 1.20 bits per heavy atom. The maximum Gasteiger partial charge on any atom is 0.326 e. The molecule has 0 radical (unpaired) electrons. The molecule has 1 aliphatic heterocycles. The van der Waals surface area contributed by atoms with Gasteiger partial charge in [-0.3, -0.25) is 9.59 Å². The van der Waals surface area contributed by atoms with Crippen molar-refractivity contribution >= 4 is 17.8 Å². The zero-order chi connectivity index (χ0) is 14.7. The van der Waals surface area contributed by atoms with Gasteiger partial charge in [0.1, 0.15) is 6.04 Å². The molecule has 0 aliphatic carbocycles. The highest BCUT2D eigenvalue weighted by molar-refractivity contribution is 6.00. The Labute approximate surface area is 116 Å². The zero-order valence-electron chi connectivity index (χ0n) is 10.9. The molecule has 0 aromatic heterocycles. The van der Waals surface area contributed by atoms with E-state index < -0.39 is 17.9 Å². The van der Waals surface area contributed by atoms with Crippen LogP contribution in [0.4, 0.5) is 0 Å². The summed E-state index contributed by atoms with van der Waals surface area (Å²) in [6, 6.07) is 5.24. The Kier molecular flexibility index (Phi) is 4.02. The Morgan fingerprint density at radius 2 is 1.90 bits per heavy atom.